The van der Waals surface area contributed by atoms with E-state index < -0.39 is 0 Å². The lowest BCUT2D eigenvalue weighted by Crippen LogP contribution is -2.41. The maximum absolute atomic E-state index is 11.9. The first-order valence-electron chi connectivity index (χ1n) is 15.3. The zero-order valence-corrected chi connectivity index (χ0v) is 25.4. The monoisotopic (exact) mass is 588 g/mol. The number of carbonyl (C=O) groups excluding carboxylic acids is 1. The molecule has 0 aliphatic carbocycles. The first kappa shape index (κ1) is 30.9. The third-order valence-electron chi connectivity index (χ3n) is 8.26. The van der Waals surface area contributed by atoms with Crippen molar-refractivity contribution in [3.63, 3.8) is 0 Å². The van der Waals surface area contributed by atoms with Crippen molar-refractivity contribution in [1.82, 2.24) is 5.32 Å². The summed E-state index contributed by atoms with van der Waals surface area (Å²) in [4.78, 5) is 14.1. The molecule has 0 bridgehead atoms. The van der Waals surface area contributed by atoms with E-state index in [1.807, 2.05) is 24.3 Å². The summed E-state index contributed by atoms with van der Waals surface area (Å²) in [6.07, 6.45) is 3.97. The number of para-hydroxylation sites is 1. The van der Waals surface area contributed by atoms with E-state index in [9.17, 15) is 4.79 Å². The quantitative estimate of drug-likeness (QED) is 0.202. The Labute approximate surface area is 255 Å². The summed E-state index contributed by atoms with van der Waals surface area (Å²) in [5.41, 5.74) is 5.84. The molecule has 8 heteroatoms. The number of methoxy groups -OCH3 is 2. The van der Waals surface area contributed by atoms with E-state index in [4.69, 9.17) is 23.7 Å². The molecule has 2 aliphatic rings. The lowest BCUT2D eigenvalue weighted by atomic mass is 9.87. The number of hydrogen-bond acceptors (Lipinski definition) is 8. The van der Waals surface area contributed by atoms with Gasteiger partial charge in [0.05, 0.1) is 46.8 Å². The lowest BCUT2D eigenvalue weighted by Gasteiger charge is -2.33. The number of nitrogens with zero attached hydrogens (tertiary/aromatic N) is 1. The van der Waals surface area contributed by atoms with E-state index in [1.165, 1.54) is 18.2 Å². The standard InChI is InChI=1S/C35H44N2O6/c1-39-33-9-4-3-7-29(33)25-41-19-6-20-42-30-14-12-27(13-15-30)31-16-17-36-22-34(31)43-24-26-10-11-28-8-5-18-37(32(28)21-26)23-35(38)40-2/h3-4,7,9-15,21,31,34,36H,5-6,8,16-20,22-25H2,1-2H3. The highest BCUT2D eigenvalue weighted by molar-refractivity contribution is 5.76. The minimum Gasteiger partial charge on any atom is -0.496 e. The summed E-state index contributed by atoms with van der Waals surface area (Å²) in [5.74, 6) is 1.82. The molecule has 0 amide bonds. The molecule has 1 N–H and O–H groups in total. The number of aryl methyl sites for hydroxylation is 1. The molecule has 1 saturated heterocycles. The van der Waals surface area contributed by atoms with Crippen LogP contribution in [0.5, 0.6) is 11.5 Å². The molecule has 1 fully saturated rings. The number of benzene rings is 3. The van der Waals surface area contributed by atoms with E-state index in [1.54, 1.807) is 7.11 Å². The minimum atomic E-state index is -0.212. The van der Waals surface area contributed by atoms with E-state index >= 15 is 0 Å². The van der Waals surface area contributed by atoms with Crippen molar-refractivity contribution in [1.29, 1.82) is 0 Å². The van der Waals surface area contributed by atoms with Gasteiger partial charge in [0.1, 0.15) is 18.0 Å². The number of esters is 1. The third kappa shape index (κ3) is 8.50. The maximum Gasteiger partial charge on any atom is 0.325 e. The van der Waals surface area contributed by atoms with Crippen LogP contribution in [0.2, 0.25) is 0 Å². The fourth-order valence-electron chi connectivity index (χ4n) is 5.93. The van der Waals surface area contributed by atoms with Gasteiger partial charge in [-0.05, 0) is 66.8 Å². The molecule has 0 saturated carbocycles. The van der Waals surface area contributed by atoms with Gasteiger partial charge in [-0.15, -0.1) is 0 Å². The minimum absolute atomic E-state index is 0.0723. The molecule has 2 aliphatic heterocycles. The fourth-order valence-corrected chi connectivity index (χ4v) is 5.93. The van der Waals surface area contributed by atoms with Crippen molar-refractivity contribution < 1.29 is 28.5 Å². The molecule has 2 atom stereocenters. The predicted molar refractivity (Wildman–Crippen MR) is 167 cm³/mol. The van der Waals surface area contributed by atoms with Crippen LogP contribution < -0.4 is 19.7 Å². The topological polar surface area (TPSA) is 78.5 Å². The first-order valence-corrected chi connectivity index (χ1v) is 15.3. The zero-order valence-electron chi connectivity index (χ0n) is 25.4. The highest BCUT2D eigenvalue weighted by Gasteiger charge is 2.27. The van der Waals surface area contributed by atoms with Crippen LogP contribution in [0.15, 0.2) is 66.7 Å². The molecular formula is C35H44N2O6. The van der Waals surface area contributed by atoms with Crippen molar-refractivity contribution in [3.8, 4) is 11.5 Å². The van der Waals surface area contributed by atoms with Gasteiger partial charge in [-0.25, -0.2) is 0 Å². The molecule has 3 aromatic rings. The average molecular weight is 589 g/mol. The van der Waals surface area contributed by atoms with Crippen LogP contribution in [-0.4, -0.2) is 65.7 Å². The molecule has 3 aromatic carbocycles. The van der Waals surface area contributed by atoms with Gasteiger partial charge in [-0.3, -0.25) is 4.79 Å². The Balaban J connectivity index is 1.09. The molecule has 8 nitrogen and oxygen atoms in total. The number of rotatable bonds is 14. The first-order chi connectivity index (χ1) is 21.1. The van der Waals surface area contributed by atoms with Crippen molar-refractivity contribution in [3.05, 3.63) is 89.0 Å². The summed E-state index contributed by atoms with van der Waals surface area (Å²) >= 11 is 0. The Morgan fingerprint density at radius 1 is 1.00 bits per heavy atom. The van der Waals surface area contributed by atoms with Crippen molar-refractivity contribution in [2.75, 3.05) is 58.5 Å². The van der Waals surface area contributed by atoms with E-state index in [0.717, 1.165) is 73.6 Å². The van der Waals surface area contributed by atoms with Crippen molar-refractivity contribution in [2.24, 2.45) is 0 Å². The zero-order chi connectivity index (χ0) is 29.9. The summed E-state index contributed by atoms with van der Waals surface area (Å²) in [7, 11) is 3.12. The Hall–Kier alpha value is -3.59. The lowest BCUT2D eigenvalue weighted by molar-refractivity contribution is -0.138. The molecule has 2 unspecified atom stereocenters. The summed E-state index contributed by atoms with van der Waals surface area (Å²) in [6, 6.07) is 22.9. The van der Waals surface area contributed by atoms with Crippen LogP contribution in [-0.2, 0) is 38.6 Å². The molecule has 0 spiro atoms. The average Bonchev–Trinajstić information content (AvgIpc) is 3.06. The summed E-state index contributed by atoms with van der Waals surface area (Å²) in [5, 5.41) is 3.50. The second-order valence-corrected chi connectivity index (χ2v) is 11.1. The van der Waals surface area contributed by atoms with E-state index in [0.29, 0.717) is 32.3 Å². The number of ether oxygens (including phenoxy) is 5. The second-order valence-electron chi connectivity index (χ2n) is 11.1. The summed E-state index contributed by atoms with van der Waals surface area (Å²) in [6.45, 7) is 5.20. The van der Waals surface area contributed by atoms with Gasteiger partial charge in [-0.1, -0.05) is 42.5 Å². The van der Waals surface area contributed by atoms with Gasteiger partial charge in [0, 0.05) is 36.7 Å². The molecular weight excluding hydrogens is 544 g/mol. The van der Waals surface area contributed by atoms with Crippen LogP contribution in [0, 0.1) is 0 Å². The number of hydrogen-bond donors (Lipinski definition) is 1. The number of anilines is 1. The van der Waals surface area contributed by atoms with Crippen LogP contribution in [0.4, 0.5) is 5.69 Å². The smallest absolute Gasteiger partial charge is 0.325 e. The van der Waals surface area contributed by atoms with Crippen LogP contribution >= 0.6 is 0 Å². The Bertz CT molecular complexity index is 1310. The maximum atomic E-state index is 11.9. The Kier molecular flexibility index (Phi) is 11.3. The van der Waals surface area contributed by atoms with Gasteiger partial charge in [0.15, 0.2) is 0 Å². The third-order valence-corrected chi connectivity index (χ3v) is 8.26. The largest absolute Gasteiger partial charge is 0.496 e. The normalized spacial score (nSPS) is 18.1. The van der Waals surface area contributed by atoms with E-state index in [2.05, 4.69) is 52.7 Å². The highest BCUT2D eigenvalue weighted by atomic mass is 16.5. The van der Waals surface area contributed by atoms with Crippen LogP contribution in [0.3, 0.4) is 0 Å². The molecule has 0 radical (unpaired) electrons. The van der Waals surface area contributed by atoms with Crippen LogP contribution in [0.25, 0.3) is 0 Å². The predicted octanol–water partition coefficient (Wildman–Crippen LogP) is 5.27. The summed E-state index contributed by atoms with van der Waals surface area (Å²) < 4.78 is 28.6. The molecule has 230 valence electrons. The molecule has 5 rings (SSSR count). The highest BCUT2D eigenvalue weighted by Crippen LogP contribution is 2.32. The number of fused-ring (bicyclic) bond motifs is 1. The van der Waals surface area contributed by atoms with Crippen molar-refractivity contribution in [2.45, 2.75) is 50.9 Å². The van der Waals surface area contributed by atoms with Crippen molar-refractivity contribution >= 4 is 11.7 Å². The van der Waals surface area contributed by atoms with Gasteiger partial charge in [-0.2, -0.15) is 0 Å². The molecule has 2 heterocycles. The second kappa shape index (κ2) is 15.8. The van der Waals surface area contributed by atoms with Gasteiger partial charge in [0.2, 0.25) is 0 Å². The SMILES string of the molecule is COC(=O)CN1CCCc2ccc(COC3CNCCC3c3ccc(OCCCOCc4ccccc4OC)cc3)cc21. The number of piperidine rings is 1. The number of nitrogens with one attached hydrogen (secondary N) is 1. The van der Waals surface area contributed by atoms with Gasteiger partial charge in [0.25, 0.3) is 0 Å². The number of carbonyl (C=O) groups is 1. The Morgan fingerprint density at radius 3 is 2.70 bits per heavy atom. The van der Waals surface area contributed by atoms with E-state index in [-0.39, 0.29) is 18.6 Å². The molecule has 43 heavy (non-hydrogen) atoms. The fraction of sp³-hybridized carbons (Fsp3) is 0.457. The van der Waals surface area contributed by atoms with Gasteiger partial charge < -0.3 is 33.9 Å². The Morgan fingerprint density at radius 2 is 1.86 bits per heavy atom. The molecule has 0 aromatic heterocycles. The van der Waals surface area contributed by atoms with Crippen LogP contribution in [0.1, 0.15) is 47.4 Å². The van der Waals surface area contributed by atoms with Gasteiger partial charge >= 0.3 is 5.97 Å².